The normalized spacial score (nSPS) is 26.4. The van der Waals surface area contributed by atoms with Crippen LogP contribution in [-0.2, 0) is 11.3 Å². The molecule has 2 aliphatic carbocycles. The van der Waals surface area contributed by atoms with Crippen LogP contribution in [0.3, 0.4) is 0 Å². The van der Waals surface area contributed by atoms with Gasteiger partial charge in [-0.2, -0.15) is 0 Å². The van der Waals surface area contributed by atoms with Crippen LogP contribution in [0.25, 0.3) is 16.8 Å². The molecule has 0 aliphatic heterocycles. The molecule has 2 aromatic rings. The average molecular weight is 599 g/mol. The fraction of sp³-hybridized carbons (Fsp3) is 0.407. The average Bonchev–Trinajstić information content (AvgIpc) is 3.20. The predicted molar refractivity (Wildman–Crippen MR) is 141 cm³/mol. The Bertz CT molecular complexity index is 1460. The second-order valence-electron chi connectivity index (χ2n) is 17.4. The zero-order valence-electron chi connectivity index (χ0n) is 20.1. The van der Waals surface area contributed by atoms with Crippen molar-refractivity contribution < 1.29 is 11.3 Å². The molecule has 0 bridgehead atoms. The Morgan fingerprint density at radius 1 is 0.867 bits per heavy atom. The monoisotopic (exact) mass is 600 g/mol. The third-order valence-corrected chi connectivity index (χ3v) is 54.1. The summed E-state index contributed by atoms with van der Waals surface area (Å²) in [7, 11) is 0. The summed E-state index contributed by atoms with van der Waals surface area (Å²) in [6, 6.07) is 13.6. The third-order valence-electron chi connectivity index (χ3n) is 8.30. The van der Waals surface area contributed by atoms with E-state index in [9.17, 15) is 0 Å². The molecule has 2 unspecified atom stereocenters. The van der Waals surface area contributed by atoms with Crippen LogP contribution in [0.4, 0.5) is 0 Å². The molecular formula is C27H40HfSi2. The van der Waals surface area contributed by atoms with Crippen LogP contribution >= 0.6 is 0 Å². The first-order valence-corrected chi connectivity index (χ1v) is 46.7. The van der Waals surface area contributed by atoms with Gasteiger partial charge in [0.15, 0.2) is 0 Å². The molecule has 0 saturated carbocycles. The van der Waals surface area contributed by atoms with Gasteiger partial charge in [0.05, 0.1) is 0 Å². The number of hydrogen-bond acceptors (Lipinski definition) is 0. The molecule has 0 saturated heterocycles. The van der Waals surface area contributed by atoms with Crippen molar-refractivity contribution in [2.45, 2.75) is 53.3 Å². The third kappa shape index (κ3) is 3.40. The standard InChI is InChI=1S/C13H9.C10H15.4CH3.Hf.2H2Si/c1-2-6-12-10(4-1)8-9-11-5-3-7-13(11)12;1-10(2,3)8-9-6-4-5-7-9;;;;;;;/h1-9H;4-7H,8H2,1-3H3;4*1H3;;2*1H2. The maximum absolute atomic E-state index is 4.89. The molecule has 0 N–H and O–H groups in total. The molecule has 0 nitrogen and oxygen atoms in total. The summed E-state index contributed by atoms with van der Waals surface area (Å²) >= 11 is -4.89. The van der Waals surface area contributed by atoms with E-state index in [1.165, 1.54) is 27.5 Å². The number of benzene rings is 2. The fourth-order valence-corrected chi connectivity index (χ4v) is 38.6. The van der Waals surface area contributed by atoms with Crippen molar-refractivity contribution in [3.05, 3.63) is 77.4 Å². The summed E-state index contributed by atoms with van der Waals surface area (Å²) in [5.41, 5.74) is 4.81. The molecule has 0 amide bonds. The molecule has 30 heavy (non-hydrogen) atoms. The van der Waals surface area contributed by atoms with Gasteiger partial charge < -0.3 is 0 Å². The second kappa shape index (κ2) is 4.77. The maximum atomic E-state index is 2.72. The molecular weight excluding hydrogens is 559 g/mol. The number of rotatable bonds is 3. The molecule has 0 fully saturated rings. The zero-order valence-corrected chi connectivity index (χ0v) is 26.5. The first kappa shape index (κ1) is 22.4. The Labute approximate surface area is 177 Å². The molecule has 0 aromatic heterocycles. The summed E-state index contributed by atoms with van der Waals surface area (Å²) in [6.45, 7) is 11.9. The molecule has 0 spiro atoms. The van der Waals surface area contributed by atoms with Crippen molar-refractivity contribution >= 4 is 30.7 Å². The van der Waals surface area contributed by atoms with E-state index in [4.69, 9.17) is 0 Å². The fourth-order valence-electron chi connectivity index (χ4n) is 6.16. The van der Waals surface area contributed by atoms with E-state index in [2.05, 4.69) is 120 Å². The zero-order chi connectivity index (χ0) is 22.4. The summed E-state index contributed by atoms with van der Waals surface area (Å²) in [5, 5.41) is 2.73. The van der Waals surface area contributed by atoms with E-state index in [-0.39, 0.29) is 0 Å². The molecule has 2 aliphatic rings. The minimum absolute atomic E-state index is 0.314. The van der Waals surface area contributed by atoms with Crippen LogP contribution in [-0.4, -0.2) is 13.9 Å². The van der Waals surface area contributed by atoms with Gasteiger partial charge >= 0.3 is 178 Å². The Balaban J connectivity index is 1.97. The molecule has 2 aromatic carbocycles. The van der Waals surface area contributed by atoms with Crippen LogP contribution in [0.2, 0.25) is 22.4 Å². The number of allylic oxidation sites excluding steroid dienone is 5. The summed E-state index contributed by atoms with van der Waals surface area (Å²) < 4.78 is 11.8. The van der Waals surface area contributed by atoms with E-state index in [1.54, 1.807) is 0 Å². The van der Waals surface area contributed by atoms with Gasteiger partial charge in [0.25, 0.3) is 0 Å². The first-order chi connectivity index (χ1) is 13.2. The number of hydrogen-bond donors (Lipinski definition) is 0. The van der Waals surface area contributed by atoms with E-state index < -0.39 is 11.3 Å². The quantitative estimate of drug-likeness (QED) is 0.327. The van der Waals surface area contributed by atoms with Gasteiger partial charge in [-0.1, -0.05) is 0 Å². The van der Waals surface area contributed by atoms with E-state index in [0.29, 0.717) is 12.8 Å². The molecule has 2 atom stereocenters. The summed E-state index contributed by atoms with van der Waals surface area (Å²) in [5.74, 6) is 0. The second-order valence-corrected chi connectivity index (χ2v) is 165. The summed E-state index contributed by atoms with van der Waals surface area (Å²) in [4.78, 5) is 0. The van der Waals surface area contributed by atoms with Crippen molar-refractivity contribution in [2.24, 2.45) is 5.41 Å². The van der Waals surface area contributed by atoms with Crippen molar-refractivity contribution in [1.29, 1.82) is 0 Å². The molecule has 0 heterocycles. The van der Waals surface area contributed by atoms with E-state index in [0.717, 1.165) is 6.42 Å². The molecule has 3 heteroatoms. The predicted octanol–water partition coefficient (Wildman–Crippen LogP) is 7.21. The Hall–Kier alpha value is -0.776. The van der Waals surface area contributed by atoms with E-state index in [1.807, 2.05) is 0 Å². The van der Waals surface area contributed by atoms with Crippen molar-refractivity contribution in [2.75, 3.05) is 0 Å². The van der Waals surface area contributed by atoms with Crippen LogP contribution in [0, 0.1) is 5.41 Å². The molecule has 4 rings (SSSR count). The van der Waals surface area contributed by atoms with Gasteiger partial charge in [-0.05, 0) is 0 Å². The Morgan fingerprint density at radius 3 is 2.20 bits per heavy atom. The van der Waals surface area contributed by atoms with Crippen LogP contribution < -0.4 is 0 Å². The van der Waals surface area contributed by atoms with Crippen molar-refractivity contribution in [1.82, 2.24) is 0 Å². The summed E-state index contributed by atoms with van der Waals surface area (Å²) in [6.07, 6.45) is 13.8. The Morgan fingerprint density at radius 2 is 1.53 bits per heavy atom. The van der Waals surface area contributed by atoms with Gasteiger partial charge in [-0.3, -0.25) is 0 Å². The van der Waals surface area contributed by atoms with Gasteiger partial charge in [0.2, 0.25) is 0 Å². The van der Waals surface area contributed by atoms with Crippen LogP contribution in [0.5, 0.6) is 0 Å². The van der Waals surface area contributed by atoms with Gasteiger partial charge in [-0.25, -0.2) is 0 Å². The molecule has 0 radical (unpaired) electrons. The number of fused-ring (bicyclic) bond motifs is 3. The Kier molecular flexibility index (Phi) is 3.56. The van der Waals surface area contributed by atoms with Gasteiger partial charge in [0.1, 0.15) is 0 Å². The molecule has 160 valence electrons. The van der Waals surface area contributed by atoms with E-state index >= 15 is 0 Å². The topological polar surface area (TPSA) is 0 Å². The van der Waals surface area contributed by atoms with Crippen molar-refractivity contribution in [3.8, 4) is 0 Å². The van der Waals surface area contributed by atoms with Crippen molar-refractivity contribution in [3.63, 3.8) is 0 Å². The SMILES string of the molecule is CC(C)(C)CC1=C[CH]([Hf]([CH3])([CH3])([CH3])([CH3])(=[SiH2])(=[SiH2])[CH]2C=Cc3c2ccc2ccccc32)C=C1. The van der Waals surface area contributed by atoms with Gasteiger partial charge in [-0.15, -0.1) is 0 Å². The van der Waals surface area contributed by atoms with Gasteiger partial charge in [0, 0.05) is 0 Å². The van der Waals surface area contributed by atoms with Crippen LogP contribution in [0.1, 0.15) is 42.0 Å². The first-order valence-electron chi connectivity index (χ1n) is 11.6. The van der Waals surface area contributed by atoms with Crippen LogP contribution in [0.15, 0.2) is 66.3 Å². The minimum atomic E-state index is -4.89.